The number of fused-ring (bicyclic) bond motifs is 1. The minimum Gasteiger partial charge on any atom is -0.467 e. The minimum atomic E-state index is -0.939. The number of aromatic nitrogens is 3. The SMILES string of the molecule is COCCNC(=O)[C@H](c1ccco1)N(Cc1cccs1)C(=O)Cn1nnc2ccccc21. The summed E-state index contributed by atoms with van der Waals surface area (Å²) in [5, 5.41) is 13.0. The number of carbonyl (C=O) groups is 2. The molecule has 4 rings (SSSR count). The summed E-state index contributed by atoms with van der Waals surface area (Å²) in [7, 11) is 1.56. The van der Waals surface area contributed by atoms with Gasteiger partial charge in [-0.25, -0.2) is 4.68 Å². The summed E-state index contributed by atoms with van der Waals surface area (Å²) < 4.78 is 12.1. The van der Waals surface area contributed by atoms with E-state index in [4.69, 9.17) is 9.15 Å². The number of methoxy groups -OCH3 is 1. The van der Waals surface area contributed by atoms with E-state index in [-0.39, 0.29) is 24.9 Å². The largest absolute Gasteiger partial charge is 0.467 e. The van der Waals surface area contributed by atoms with Crippen molar-refractivity contribution in [3.05, 3.63) is 70.8 Å². The van der Waals surface area contributed by atoms with Crippen molar-refractivity contribution in [1.29, 1.82) is 0 Å². The Morgan fingerprint density at radius 2 is 2.09 bits per heavy atom. The number of ether oxygens (including phenoxy) is 1. The lowest BCUT2D eigenvalue weighted by molar-refractivity contribution is -0.142. The Bertz CT molecular complexity index is 1160. The lowest BCUT2D eigenvalue weighted by Crippen LogP contribution is -2.45. The van der Waals surface area contributed by atoms with Gasteiger partial charge in [0, 0.05) is 18.5 Å². The van der Waals surface area contributed by atoms with E-state index in [9.17, 15) is 9.59 Å². The Hall–Kier alpha value is -3.50. The smallest absolute Gasteiger partial charge is 0.250 e. The van der Waals surface area contributed by atoms with E-state index in [0.29, 0.717) is 24.4 Å². The number of furan rings is 1. The van der Waals surface area contributed by atoms with Crippen LogP contribution in [0.2, 0.25) is 0 Å². The Morgan fingerprint density at radius 1 is 1.22 bits per heavy atom. The Labute approximate surface area is 188 Å². The van der Waals surface area contributed by atoms with Gasteiger partial charge >= 0.3 is 0 Å². The fraction of sp³-hybridized carbons (Fsp3) is 0.273. The number of para-hydroxylation sites is 1. The van der Waals surface area contributed by atoms with Gasteiger partial charge in [0.2, 0.25) is 5.91 Å². The van der Waals surface area contributed by atoms with Crippen molar-refractivity contribution in [2.45, 2.75) is 19.1 Å². The molecule has 0 spiro atoms. The van der Waals surface area contributed by atoms with Crippen LogP contribution >= 0.6 is 11.3 Å². The molecule has 0 saturated carbocycles. The van der Waals surface area contributed by atoms with E-state index in [1.807, 2.05) is 41.8 Å². The second kappa shape index (κ2) is 10.2. The summed E-state index contributed by atoms with van der Waals surface area (Å²) in [6.45, 7) is 0.877. The number of thiophene rings is 1. The van der Waals surface area contributed by atoms with Gasteiger partial charge in [0.15, 0.2) is 6.04 Å². The average molecular weight is 454 g/mol. The van der Waals surface area contributed by atoms with Crippen LogP contribution in [0.4, 0.5) is 0 Å². The molecule has 4 aromatic rings. The molecule has 2 amide bonds. The van der Waals surface area contributed by atoms with Gasteiger partial charge in [0.05, 0.1) is 24.9 Å². The van der Waals surface area contributed by atoms with Gasteiger partial charge in [-0.05, 0) is 35.7 Å². The van der Waals surface area contributed by atoms with E-state index < -0.39 is 6.04 Å². The molecular formula is C22H23N5O4S. The molecule has 0 saturated heterocycles. The zero-order valence-corrected chi connectivity index (χ0v) is 18.3. The molecule has 0 fully saturated rings. The van der Waals surface area contributed by atoms with Crippen molar-refractivity contribution in [3.63, 3.8) is 0 Å². The van der Waals surface area contributed by atoms with E-state index in [2.05, 4.69) is 15.6 Å². The van der Waals surface area contributed by atoms with Crippen LogP contribution in [0.5, 0.6) is 0 Å². The van der Waals surface area contributed by atoms with Crippen LogP contribution in [0, 0.1) is 0 Å². The highest BCUT2D eigenvalue weighted by atomic mass is 32.1. The molecule has 32 heavy (non-hydrogen) atoms. The maximum atomic E-state index is 13.5. The normalized spacial score (nSPS) is 12.0. The van der Waals surface area contributed by atoms with Crippen molar-refractivity contribution in [2.24, 2.45) is 0 Å². The maximum absolute atomic E-state index is 13.5. The number of amides is 2. The van der Waals surface area contributed by atoms with E-state index in [0.717, 1.165) is 10.4 Å². The molecule has 0 radical (unpaired) electrons. The number of nitrogens with one attached hydrogen (secondary N) is 1. The number of nitrogens with zero attached hydrogens (tertiary/aromatic N) is 4. The predicted octanol–water partition coefficient (Wildman–Crippen LogP) is 2.62. The van der Waals surface area contributed by atoms with Crippen molar-refractivity contribution >= 4 is 34.2 Å². The minimum absolute atomic E-state index is 0.0611. The van der Waals surface area contributed by atoms with E-state index in [1.54, 1.807) is 23.9 Å². The van der Waals surface area contributed by atoms with Gasteiger partial charge in [-0.15, -0.1) is 16.4 Å². The molecular weight excluding hydrogens is 430 g/mol. The molecule has 0 aliphatic heterocycles. The monoisotopic (exact) mass is 453 g/mol. The fourth-order valence-corrected chi connectivity index (χ4v) is 4.09. The van der Waals surface area contributed by atoms with Gasteiger partial charge < -0.3 is 19.4 Å². The lowest BCUT2D eigenvalue weighted by Gasteiger charge is -2.29. The van der Waals surface area contributed by atoms with Crippen LogP contribution in [0.3, 0.4) is 0 Å². The molecule has 0 bridgehead atoms. The number of carbonyl (C=O) groups excluding carboxylic acids is 2. The zero-order valence-electron chi connectivity index (χ0n) is 17.5. The van der Waals surface area contributed by atoms with Gasteiger partial charge in [0.25, 0.3) is 5.91 Å². The van der Waals surface area contributed by atoms with Crippen LogP contribution in [-0.2, 0) is 27.4 Å². The highest BCUT2D eigenvalue weighted by Gasteiger charge is 2.34. The molecule has 1 N–H and O–H groups in total. The number of hydrogen-bond acceptors (Lipinski definition) is 7. The molecule has 3 heterocycles. The standard InChI is InChI=1S/C22H23N5O4S/c1-30-12-10-23-22(29)21(19-9-4-11-31-19)26(14-16-6-5-13-32-16)20(28)15-27-18-8-3-2-7-17(18)24-25-27/h2-9,11,13,21H,10,12,14-15H2,1H3,(H,23,29)/t21-/m0/s1. The van der Waals surface area contributed by atoms with Crippen LogP contribution in [0.25, 0.3) is 11.0 Å². The first-order valence-electron chi connectivity index (χ1n) is 10.1. The third kappa shape index (κ3) is 4.87. The molecule has 9 nitrogen and oxygen atoms in total. The summed E-state index contributed by atoms with van der Waals surface area (Å²) in [6, 6.07) is 13.7. The first-order valence-corrected chi connectivity index (χ1v) is 11.0. The fourth-order valence-electron chi connectivity index (χ4n) is 3.39. The number of rotatable bonds is 10. The van der Waals surface area contributed by atoms with E-state index >= 15 is 0 Å². The second-order valence-electron chi connectivity index (χ2n) is 7.04. The number of benzene rings is 1. The van der Waals surface area contributed by atoms with Crippen LogP contribution in [-0.4, -0.2) is 52.0 Å². The molecule has 166 valence electrons. The lowest BCUT2D eigenvalue weighted by atomic mass is 10.1. The molecule has 0 unspecified atom stereocenters. The molecule has 3 aromatic heterocycles. The molecule has 0 aliphatic rings. The highest BCUT2D eigenvalue weighted by Crippen LogP contribution is 2.26. The van der Waals surface area contributed by atoms with Crippen LogP contribution in [0.15, 0.2) is 64.6 Å². The van der Waals surface area contributed by atoms with Crippen LogP contribution < -0.4 is 5.32 Å². The Morgan fingerprint density at radius 3 is 2.84 bits per heavy atom. The maximum Gasteiger partial charge on any atom is 0.250 e. The molecule has 0 aliphatic carbocycles. The third-order valence-electron chi connectivity index (χ3n) is 4.91. The summed E-state index contributed by atoms with van der Waals surface area (Å²) >= 11 is 1.52. The molecule has 10 heteroatoms. The quantitative estimate of drug-likeness (QED) is 0.370. The van der Waals surface area contributed by atoms with Crippen molar-refractivity contribution in [1.82, 2.24) is 25.2 Å². The van der Waals surface area contributed by atoms with E-state index in [1.165, 1.54) is 22.5 Å². The Balaban J connectivity index is 1.65. The summed E-state index contributed by atoms with van der Waals surface area (Å²) in [4.78, 5) is 29.2. The van der Waals surface area contributed by atoms with Gasteiger partial charge in [0.1, 0.15) is 17.8 Å². The molecule has 1 atom stereocenters. The average Bonchev–Trinajstić information content (AvgIpc) is 3.57. The zero-order chi connectivity index (χ0) is 22.3. The van der Waals surface area contributed by atoms with Gasteiger partial charge in [-0.1, -0.05) is 23.4 Å². The predicted molar refractivity (Wildman–Crippen MR) is 119 cm³/mol. The first-order chi connectivity index (χ1) is 15.7. The highest BCUT2D eigenvalue weighted by molar-refractivity contribution is 7.09. The third-order valence-corrected chi connectivity index (χ3v) is 5.77. The second-order valence-corrected chi connectivity index (χ2v) is 8.07. The summed E-state index contributed by atoms with van der Waals surface area (Å²) in [5.74, 6) is -0.240. The van der Waals surface area contributed by atoms with Gasteiger partial charge in [-0.3, -0.25) is 9.59 Å². The summed E-state index contributed by atoms with van der Waals surface area (Å²) in [6.07, 6.45) is 1.49. The molecule has 1 aromatic carbocycles. The summed E-state index contributed by atoms with van der Waals surface area (Å²) in [5.41, 5.74) is 1.45. The topological polar surface area (TPSA) is 102 Å². The van der Waals surface area contributed by atoms with Crippen molar-refractivity contribution in [3.8, 4) is 0 Å². The van der Waals surface area contributed by atoms with Crippen LogP contribution in [0.1, 0.15) is 16.7 Å². The first kappa shape index (κ1) is 21.7. The van der Waals surface area contributed by atoms with Crippen molar-refractivity contribution in [2.75, 3.05) is 20.3 Å². The number of hydrogen-bond donors (Lipinski definition) is 1. The van der Waals surface area contributed by atoms with Crippen molar-refractivity contribution < 1.29 is 18.7 Å². The Kier molecular flexibility index (Phi) is 6.93. The van der Waals surface area contributed by atoms with Gasteiger partial charge in [-0.2, -0.15) is 0 Å².